The molecule has 0 aliphatic rings. The van der Waals surface area contributed by atoms with Crippen LogP contribution in [0.15, 0.2) is 72.8 Å². The van der Waals surface area contributed by atoms with Gasteiger partial charge < -0.3 is 10.1 Å². The molecule has 4 heteroatoms. The van der Waals surface area contributed by atoms with E-state index >= 15 is 0 Å². The first-order valence-corrected chi connectivity index (χ1v) is 8.97. The van der Waals surface area contributed by atoms with Crippen LogP contribution in [-0.2, 0) is 19.6 Å². The molecule has 0 aliphatic carbocycles. The van der Waals surface area contributed by atoms with Crippen LogP contribution in [0.3, 0.4) is 0 Å². The normalized spacial score (nSPS) is 10.4. The lowest BCUT2D eigenvalue weighted by atomic mass is 10.1. The lowest BCUT2D eigenvalue weighted by molar-refractivity contribution is 0.0951. The number of halogens is 1. The van der Waals surface area contributed by atoms with E-state index in [4.69, 9.17) is 4.74 Å². The highest BCUT2D eigenvalue weighted by atomic mass is 19.1. The fraction of sp³-hybridized carbons (Fsp3) is 0.174. The minimum absolute atomic E-state index is 0.165. The van der Waals surface area contributed by atoms with Crippen molar-refractivity contribution in [1.82, 2.24) is 5.32 Å². The lowest BCUT2D eigenvalue weighted by Crippen LogP contribution is -2.22. The Labute approximate surface area is 158 Å². The number of hydrogen-bond acceptors (Lipinski definition) is 2. The number of carbonyl (C=O) groups is 1. The highest BCUT2D eigenvalue weighted by Crippen LogP contribution is 2.15. The molecular weight excluding hydrogens is 341 g/mol. The molecule has 3 aromatic carbocycles. The van der Waals surface area contributed by atoms with Crippen molar-refractivity contribution in [2.75, 3.05) is 0 Å². The molecule has 0 aliphatic heterocycles. The molecule has 3 rings (SSSR count). The first-order valence-electron chi connectivity index (χ1n) is 8.97. The van der Waals surface area contributed by atoms with Crippen molar-refractivity contribution in [2.24, 2.45) is 0 Å². The monoisotopic (exact) mass is 363 g/mol. The van der Waals surface area contributed by atoms with Gasteiger partial charge in [-0.3, -0.25) is 4.79 Å². The van der Waals surface area contributed by atoms with Crippen LogP contribution in [0.25, 0.3) is 0 Å². The van der Waals surface area contributed by atoms with E-state index < -0.39 is 0 Å². The van der Waals surface area contributed by atoms with Crippen molar-refractivity contribution in [2.45, 2.75) is 26.5 Å². The topological polar surface area (TPSA) is 38.3 Å². The van der Waals surface area contributed by atoms with Gasteiger partial charge in [0.05, 0.1) is 0 Å². The van der Waals surface area contributed by atoms with Crippen LogP contribution in [-0.4, -0.2) is 5.91 Å². The van der Waals surface area contributed by atoms with Crippen LogP contribution < -0.4 is 10.1 Å². The Kier molecular flexibility index (Phi) is 6.21. The van der Waals surface area contributed by atoms with Crippen LogP contribution in [0, 0.1) is 5.82 Å². The number of hydrogen-bond donors (Lipinski definition) is 1. The van der Waals surface area contributed by atoms with Crippen molar-refractivity contribution in [3.63, 3.8) is 0 Å². The summed E-state index contributed by atoms with van der Waals surface area (Å²) in [6, 6.07) is 21.4. The molecule has 0 unspecified atom stereocenters. The van der Waals surface area contributed by atoms with Crippen LogP contribution in [0.2, 0.25) is 0 Å². The third kappa shape index (κ3) is 5.42. The Morgan fingerprint density at radius 3 is 2.07 bits per heavy atom. The summed E-state index contributed by atoms with van der Waals surface area (Å²) in [5.74, 6) is 0.374. The number of rotatable bonds is 7. The second-order valence-corrected chi connectivity index (χ2v) is 6.29. The molecule has 1 N–H and O–H groups in total. The smallest absolute Gasteiger partial charge is 0.251 e. The van der Waals surface area contributed by atoms with Crippen LogP contribution >= 0.6 is 0 Å². The fourth-order valence-electron chi connectivity index (χ4n) is 2.63. The summed E-state index contributed by atoms with van der Waals surface area (Å²) in [4.78, 5) is 12.2. The zero-order chi connectivity index (χ0) is 19.1. The Morgan fingerprint density at radius 1 is 0.852 bits per heavy atom. The van der Waals surface area contributed by atoms with Gasteiger partial charge in [0.15, 0.2) is 0 Å². The predicted molar refractivity (Wildman–Crippen MR) is 104 cm³/mol. The SMILES string of the molecule is CCc1ccc(OCc2ccc(C(=O)NCc3ccc(F)cc3)cc2)cc1. The van der Waals surface area contributed by atoms with Crippen molar-refractivity contribution >= 4 is 5.91 Å². The van der Waals surface area contributed by atoms with Gasteiger partial charge in [-0.05, 0) is 59.5 Å². The molecule has 3 aromatic rings. The standard InChI is InChI=1S/C23H22FNO2/c1-2-17-7-13-22(14-8-17)27-16-19-3-9-20(10-4-19)23(26)25-15-18-5-11-21(24)12-6-18/h3-14H,2,15-16H2,1H3,(H,25,26). The van der Waals surface area contributed by atoms with Gasteiger partial charge in [0.2, 0.25) is 0 Å². The number of aryl methyl sites for hydroxylation is 1. The largest absolute Gasteiger partial charge is 0.489 e. The van der Waals surface area contributed by atoms with E-state index in [0.29, 0.717) is 18.7 Å². The van der Waals surface area contributed by atoms with E-state index in [1.54, 1.807) is 24.3 Å². The molecule has 0 aromatic heterocycles. The molecule has 0 spiro atoms. The Morgan fingerprint density at radius 2 is 1.44 bits per heavy atom. The Hall–Kier alpha value is -3.14. The average molecular weight is 363 g/mol. The van der Waals surface area contributed by atoms with Gasteiger partial charge in [-0.15, -0.1) is 0 Å². The molecule has 1 amide bonds. The van der Waals surface area contributed by atoms with E-state index in [9.17, 15) is 9.18 Å². The number of nitrogens with one attached hydrogen (secondary N) is 1. The van der Waals surface area contributed by atoms with Gasteiger partial charge in [-0.2, -0.15) is 0 Å². The van der Waals surface area contributed by atoms with Crippen LogP contribution in [0.4, 0.5) is 4.39 Å². The Balaban J connectivity index is 1.51. The van der Waals surface area contributed by atoms with Crippen molar-refractivity contribution in [3.05, 3.63) is 101 Å². The summed E-state index contributed by atoms with van der Waals surface area (Å²) in [6.07, 6.45) is 1.00. The summed E-state index contributed by atoms with van der Waals surface area (Å²) < 4.78 is 18.7. The molecule has 0 saturated heterocycles. The summed E-state index contributed by atoms with van der Waals surface area (Å²) in [5, 5.41) is 2.83. The fourth-order valence-corrected chi connectivity index (χ4v) is 2.63. The lowest BCUT2D eigenvalue weighted by Gasteiger charge is -2.09. The van der Waals surface area contributed by atoms with E-state index in [1.807, 2.05) is 24.3 Å². The predicted octanol–water partition coefficient (Wildman–Crippen LogP) is 4.90. The van der Waals surface area contributed by atoms with Gasteiger partial charge in [-0.25, -0.2) is 4.39 Å². The third-order valence-electron chi connectivity index (χ3n) is 4.32. The number of ether oxygens (including phenoxy) is 1. The second kappa shape index (κ2) is 8.99. The molecule has 0 atom stereocenters. The molecule has 3 nitrogen and oxygen atoms in total. The van der Waals surface area contributed by atoms with Gasteiger partial charge >= 0.3 is 0 Å². The quantitative estimate of drug-likeness (QED) is 0.649. The molecule has 0 saturated carbocycles. The van der Waals surface area contributed by atoms with Gasteiger partial charge in [0.1, 0.15) is 18.2 Å². The number of carbonyl (C=O) groups excluding carboxylic acids is 1. The molecular formula is C23H22FNO2. The van der Waals surface area contributed by atoms with Crippen LogP contribution in [0.5, 0.6) is 5.75 Å². The van der Waals surface area contributed by atoms with Crippen LogP contribution in [0.1, 0.15) is 34.0 Å². The third-order valence-corrected chi connectivity index (χ3v) is 4.32. The number of amides is 1. The highest BCUT2D eigenvalue weighted by molar-refractivity contribution is 5.94. The van der Waals surface area contributed by atoms with Gasteiger partial charge in [-0.1, -0.05) is 43.3 Å². The van der Waals surface area contributed by atoms with Crippen molar-refractivity contribution in [3.8, 4) is 5.75 Å². The maximum absolute atomic E-state index is 12.9. The molecule has 0 fully saturated rings. The van der Waals surface area contributed by atoms with E-state index in [1.165, 1.54) is 17.7 Å². The maximum Gasteiger partial charge on any atom is 0.251 e. The minimum atomic E-state index is -0.288. The minimum Gasteiger partial charge on any atom is -0.489 e. The van der Waals surface area contributed by atoms with E-state index in [-0.39, 0.29) is 11.7 Å². The Bertz CT molecular complexity index is 872. The second-order valence-electron chi connectivity index (χ2n) is 6.29. The molecule has 138 valence electrons. The average Bonchev–Trinajstić information content (AvgIpc) is 2.72. The summed E-state index contributed by atoms with van der Waals surface area (Å²) in [6.45, 7) is 2.92. The zero-order valence-electron chi connectivity index (χ0n) is 15.2. The first kappa shape index (κ1) is 18.6. The molecule has 27 heavy (non-hydrogen) atoms. The highest BCUT2D eigenvalue weighted by Gasteiger charge is 2.06. The number of benzene rings is 3. The molecule has 0 radical (unpaired) electrons. The zero-order valence-corrected chi connectivity index (χ0v) is 15.2. The first-order chi connectivity index (χ1) is 13.1. The van der Waals surface area contributed by atoms with E-state index in [2.05, 4.69) is 24.4 Å². The van der Waals surface area contributed by atoms with Gasteiger partial charge in [0, 0.05) is 12.1 Å². The van der Waals surface area contributed by atoms with Crippen molar-refractivity contribution < 1.29 is 13.9 Å². The van der Waals surface area contributed by atoms with Crippen molar-refractivity contribution in [1.29, 1.82) is 0 Å². The maximum atomic E-state index is 12.9. The summed E-state index contributed by atoms with van der Waals surface area (Å²) in [5.41, 5.74) is 3.69. The van der Waals surface area contributed by atoms with Gasteiger partial charge in [0.25, 0.3) is 5.91 Å². The molecule has 0 bridgehead atoms. The summed E-state index contributed by atoms with van der Waals surface area (Å²) in [7, 11) is 0. The van der Waals surface area contributed by atoms with E-state index in [0.717, 1.165) is 23.3 Å². The molecule has 0 heterocycles. The summed E-state index contributed by atoms with van der Waals surface area (Å²) >= 11 is 0.